The average molecular weight is 605 g/mol. The third-order valence-electron chi connectivity index (χ3n) is 7.01. The van der Waals surface area contributed by atoms with E-state index in [1.807, 2.05) is 6.07 Å². The molecule has 1 atom stereocenters. The van der Waals surface area contributed by atoms with Crippen molar-refractivity contribution < 1.29 is 38.1 Å². The molecule has 0 saturated carbocycles. The fourth-order valence-corrected chi connectivity index (χ4v) is 5.81. The zero-order valence-electron chi connectivity index (χ0n) is 24.5. The minimum absolute atomic E-state index is 0.0365. The zero-order chi connectivity index (χ0) is 30.8. The van der Waals surface area contributed by atoms with E-state index in [1.165, 1.54) is 12.0 Å². The monoisotopic (exact) mass is 604 g/mol. The van der Waals surface area contributed by atoms with Crippen LogP contribution in [0.15, 0.2) is 64.3 Å². The van der Waals surface area contributed by atoms with Crippen LogP contribution in [0, 0.1) is 12.8 Å². The Morgan fingerprint density at radius 1 is 1.14 bits per heavy atom. The number of esters is 1. The largest absolute Gasteiger partial charge is 0.503 e. The van der Waals surface area contributed by atoms with Gasteiger partial charge in [0.2, 0.25) is 5.78 Å². The molecule has 1 N–H and O–H groups in total. The number of ketones is 1. The summed E-state index contributed by atoms with van der Waals surface area (Å²) in [5.41, 5.74) is 1.11. The predicted molar refractivity (Wildman–Crippen MR) is 161 cm³/mol. The Bertz CT molecular complexity index is 1700. The molecule has 0 aliphatic carbocycles. The smallest absolute Gasteiger partial charge is 0.350 e. The number of aromatic nitrogens is 1. The van der Waals surface area contributed by atoms with E-state index < -0.39 is 29.5 Å². The number of Topliss-reactive ketones (excluding diaryl/α,β-unsaturated/α-hetero) is 1. The maximum absolute atomic E-state index is 14.0. The number of hydrogen-bond donors (Lipinski definition) is 1. The molecule has 1 aliphatic rings. The Labute approximate surface area is 252 Å². The summed E-state index contributed by atoms with van der Waals surface area (Å²) in [6.45, 7) is 8.16. The Morgan fingerprint density at radius 2 is 1.91 bits per heavy atom. The highest BCUT2D eigenvalue weighted by atomic mass is 32.1. The number of carbonyl (C=O) groups excluding carboxylic acids is 3. The number of ether oxygens (including phenoxy) is 3. The molecule has 0 spiro atoms. The standard InChI is InChI=1S/C32H32N2O8S/c1-6-40-31(38)29-18(4)33-32(43-29)34-26(20-11-12-22(23(16-20)39-5)41-14-13-17(2)3)25(28(36)30(34)37)27(35)24-15-19-9-7-8-10-21(19)42-24/h7-12,15-17,26,36H,6,13-14H2,1-5H3. The third kappa shape index (κ3) is 5.72. The van der Waals surface area contributed by atoms with Crippen LogP contribution in [-0.4, -0.2) is 48.1 Å². The van der Waals surface area contributed by atoms with Crippen molar-refractivity contribution in [2.24, 2.45) is 5.92 Å². The van der Waals surface area contributed by atoms with E-state index in [0.29, 0.717) is 46.3 Å². The van der Waals surface area contributed by atoms with Crippen LogP contribution >= 0.6 is 11.3 Å². The number of methoxy groups -OCH3 is 1. The van der Waals surface area contributed by atoms with Crippen molar-refractivity contribution in [2.45, 2.75) is 40.2 Å². The number of furan rings is 1. The van der Waals surface area contributed by atoms with Crippen LogP contribution in [0.5, 0.6) is 11.5 Å². The van der Waals surface area contributed by atoms with Crippen LogP contribution in [0.2, 0.25) is 0 Å². The first-order valence-electron chi connectivity index (χ1n) is 13.9. The van der Waals surface area contributed by atoms with Crippen molar-refractivity contribution >= 4 is 45.1 Å². The molecule has 0 radical (unpaired) electrons. The molecule has 11 heteroatoms. The number of carbonyl (C=O) groups is 3. The van der Waals surface area contributed by atoms with Gasteiger partial charge in [0, 0.05) is 5.39 Å². The van der Waals surface area contributed by atoms with Gasteiger partial charge in [0.05, 0.1) is 37.6 Å². The number of para-hydroxylation sites is 1. The summed E-state index contributed by atoms with van der Waals surface area (Å²) < 4.78 is 22.5. The summed E-state index contributed by atoms with van der Waals surface area (Å²) in [7, 11) is 1.50. The highest BCUT2D eigenvalue weighted by molar-refractivity contribution is 7.17. The maximum Gasteiger partial charge on any atom is 0.350 e. The van der Waals surface area contributed by atoms with Crippen LogP contribution in [0.3, 0.4) is 0 Å². The van der Waals surface area contributed by atoms with E-state index in [1.54, 1.807) is 56.3 Å². The van der Waals surface area contributed by atoms with Gasteiger partial charge in [-0.3, -0.25) is 14.5 Å². The number of amides is 1. The number of benzene rings is 2. The Hall–Kier alpha value is -4.64. The highest BCUT2D eigenvalue weighted by Gasteiger charge is 2.47. The van der Waals surface area contributed by atoms with Crippen molar-refractivity contribution in [1.29, 1.82) is 0 Å². The Morgan fingerprint density at radius 3 is 2.60 bits per heavy atom. The molecule has 5 rings (SSSR count). The van der Waals surface area contributed by atoms with Crippen LogP contribution in [-0.2, 0) is 9.53 Å². The van der Waals surface area contributed by atoms with Gasteiger partial charge in [-0.1, -0.05) is 49.4 Å². The van der Waals surface area contributed by atoms with Crippen molar-refractivity contribution in [2.75, 3.05) is 25.2 Å². The van der Waals surface area contributed by atoms with E-state index in [9.17, 15) is 19.5 Å². The number of thiazole rings is 1. The summed E-state index contributed by atoms with van der Waals surface area (Å²) >= 11 is 0.940. The first kappa shape index (κ1) is 29.8. The molecule has 1 amide bonds. The number of anilines is 1. The van der Waals surface area contributed by atoms with Crippen molar-refractivity contribution in [1.82, 2.24) is 4.98 Å². The first-order chi connectivity index (χ1) is 20.6. The molecule has 224 valence electrons. The maximum atomic E-state index is 14.0. The summed E-state index contributed by atoms with van der Waals surface area (Å²) in [5, 5.41) is 12.0. The van der Waals surface area contributed by atoms with Gasteiger partial charge in [-0.2, -0.15) is 0 Å². The van der Waals surface area contributed by atoms with Crippen LogP contribution < -0.4 is 14.4 Å². The molecule has 10 nitrogen and oxygen atoms in total. The molecule has 0 saturated heterocycles. The molecule has 0 bridgehead atoms. The second-order valence-corrected chi connectivity index (χ2v) is 11.4. The minimum Gasteiger partial charge on any atom is -0.503 e. The molecular weight excluding hydrogens is 572 g/mol. The molecule has 2 aromatic carbocycles. The minimum atomic E-state index is -1.12. The SMILES string of the molecule is CCOC(=O)c1sc(N2C(=O)C(O)=C(C(=O)c3cc4ccccc4o3)C2c2ccc(OCCC(C)C)c(OC)c2)nc1C. The first-order valence-corrected chi connectivity index (χ1v) is 14.7. The number of nitrogens with zero attached hydrogens (tertiary/aromatic N) is 2. The number of hydrogen-bond acceptors (Lipinski definition) is 10. The normalized spacial score (nSPS) is 15.1. The van der Waals surface area contributed by atoms with Gasteiger partial charge in [-0.25, -0.2) is 9.78 Å². The quantitative estimate of drug-likeness (QED) is 0.149. The molecule has 43 heavy (non-hydrogen) atoms. The lowest BCUT2D eigenvalue weighted by atomic mass is 9.95. The van der Waals surface area contributed by atoms with Gasteiger partial charge in [0.15, 0.2) is 28.1 Å². The Balaban J connectivity index is 1.62. The van der Waals surface area contributed by atoms with Crippen molar-refractivity contribution in [3.8, 4) is 11.5 Å². The lowest BCUT2D eigenvalue weighted by Gasteiger charge is -2.25. The molecule has 1 unspecified atom stereocenters. The van der Waals surface area contributed by atoms with Gasteiger partial charge in [-0.15, -0.1) is 0 Å². The van der Waals surface area contributed by atoms with Crippen molar-refractivity contribution in [3.63, 3.8) is 0 Å². The number of aliphatic hydroxyl groups is 1. The number of rotatable bonds is 11. The van der Waals surface area contributed by atoms with Gasteiger partial charge in [0.25, 0.3) is 5.91 Å². The number of aliphatic hydroxyl groups excluding tert-OH is 1. The molecule has 1 aliphatic heterocycles. The molecular formula is C32H32N2O8S. The van der Waals surface area contributed by atoms with E-state index in [4.69, 9.17) is 18.6 Å². The lowest BCUT2D eigenvalue weighted by molar-refractivity contribution is -0.117. The zero-order valence-corrected chi connectivity index (χ0v) is 25.3. The number of aryl methyl sites for hydroxylation is 1. The van der Waals surface area contributed by atoms with Crippen molar-refractivity contribution in [3.05, 3.63) is 81.8 Å². The van der Waals surface area contributed by atoms with Crippen LogP contribution in [0.1, 0.15) is 64.7 Å². The second kappa shape index (κ2) is 12.3. The van der Waals surface area contributed by atoms with Gasteiger partial charge in [0.1, 0.15) is 10.5 Å². The summed E-state index contributed by atoms with van der Waals surface area (Å²) in [5.74, 6) is -1.53. The third-order valence-corrected chi connectivity index (χ3v) is 8.15. The molecule has 4 aromatic rings. The van der Waals surface area contributed by atoms with E-state index in [-0.39, 0.29) is 27.9 Å². The lowest BCUT2D eigenvalue weighted by Crippen LogP contribution is -2.31. The van der Waals surface area contributed by atoms with Gasteiger partial charge in [-0.05, 0) is 56.0 Å². The fraction of sp³-hybridized carbons (Fsp3) is 0.312. The summed E-state index contributed by atoms with van der Waals surface area (Å²) in [6, 6.07) is 12.6. The Kier molecular flexibility index (Phi) is 8.54. The summed E-state index contributed by atoms with van der Waals surface area (Å²) in [6.07, 6.45) is 0.842. The van der Waals surface area contributed by atoms with Gasteiger partial charge >= 0.3 is 5.97 Å². The highest BCUT2D eigenvalue weighted by Crippen LogP contribution is 2.45. The van der Waals surface area contributed by atoms with E-state index in [0.717, 1.165) is 17.8 Å². The van der Waals surface area contributed by atoms with E-state index in [2.05, 4.69) is 18.8 Å². The fourth-order valence-electron chi connectivity index (χ4n) is 4.83. The molecule has 3 heterocycles. The summed E-state index contributed by atoms with van der Waals surface area (Å²) in [4.78, 5) is 46.1. The van der Waals surface area contributed by atoms with Crippen LogP contribution in [0.25, 0.3) is 11.0 Å². The predicted octanol–water partition coefficient (Wildman–Crippen LogP) is 6.59. The second-order valence-electron chi connectivity index (χ2n) is 10.4. The average Bonchev–Trinajstić information content (AvgIpc) is 3.66. The van der Waals surface area contributed by atoms with Gasteiger partial charge < -0.3 is 23.7 Å². The topological polar surface area (TPSA) is 128 Å². The molecule has 0 fully saturated rings. The number of fused-ring (bicyclic) bond motifs is 1. The van der Waals surface area contributed by atoms with Crippen LogP contribution in [0.4, 0.5) is 5.13 Å². The molecule has 2 aromatic heterocycles. The van der Waals surface area contributed by atoms with E-state index >= 15 is 0 Å².